The fourth-order valence-corrected chi connectivity index (χ4v) is 2.25. The number of carboxylic acids is 1. The summed E-state index contributed by atoms with van der Waals surface area (Å²) in [6.07, 6.45) is 3.29. The summed E-state index contributed by atoms with van der Waals surface area (Å²) in [5, 5.41) is 23.2. The summed E-state index contributed by atoms with van der Waals surface area (Å²) in [7, 11) is 0. The Morgan fingerprint density at radius 1 is 1.50 bits per heavy atom. The van der Waals surface area contributed by atoms with E-state index in [4.69, 9.17) is 5.11 Å². The summed E-state index contributed by atoms with van der Waals surface area (Å²) < 4.78 is 1.15. The highest BCUT2D eigenvalue weighted by Gasteiger charge is 2.32. The number of carboxylic acid groups (broad SMARTS) is 1. The van der Waals surface area contributed by atoms with Crippen LogP contribution in [0.4, 0.5) is 5.82 Å². The predicted octanol–water partition coefficient (Wildman–Crippen LogP) is 0.257. The summed E-state index contributed by atoms with van der Waals surface area (Å²) in [6.45, 7) is 0.191. The number of rotatable bonds is 4. The van der Waals surface area contributed by atoms with Crippen LogP contribution in [0.25, 0.3) is 0 Å². The molecule has 1 aliphatic rings. The highest BCUT2D eigenvalue weighted by molar-refractivity contribution is 5.83. The van der Waals surface area contributed by atoms with Crippen LogP contribution in [0, 0.1) is 10.1 Å². The third-order valence-corrected chi connectivity index (χ3v) is 3.22. The first-order valence-corrected chi connectivity index (χ1v) is 6.19. The van der Waals surface area contributed by atoms with Gasteiger partial charge in [0.1, 0.15) is 12.6 Å². The first-order chi connectivity index (χ1) is 9.49. The van der Waals surface area contributed by atoms with Crippen LogP contribution in [0.15, 0.2) is 12.3 Å². The van der Waals surface area contributed by atoms with Crippen LogP contribution < -0.4 is 0 Å². The van der Waals surface area contributed by atoms with Gasteiger partial charge in [0.15, 0.2) is 0 Å². The lowest BCUT2D eigenvalue weighted by atomic mass is 10.0. The molecule has 1 unspecified atom stereocenters. The van der Waals surface area contributed by atoms with E-state index in [1.54, 1.807) is 0 Å². The first kappa shape index (κ1) is 14.0. The molecule has 0 bridgehead atoms. The Balaban J connectivity index is 2.05. The Bertz CT molecular complexity index is 541. The van der Waals surface area contributed by atoms with E-state index in [9.17, 15) is 19.7 Å². The predicted molar refractivity (Wildman–Crippen MR) is 65.9 cm³/mol. The zero-order chi connectivity index (χ0) is 14.7. The van der Waals surface area contributed by atoms with E-state index >= 15 is 0 Å². The molecule has 20 heavy (non-hydrogen) atoms. The number of nitro groups is 1. The van der Waals surface area contributed by atoms with Gasteiger partial charge in [0, 0.05) is 6.54 Å². The number of nitrogens with zero attached hydrogens (tertiary/aromatic N) is 4. The van der Waals surface area contributed by atoms with Crippen LogP contribution in [0.1, 0.15) is 19.3 Å². The van der Waals surface area contributed by atoms with Crippen LogP contribution >= 0.6 is 0 Å². The molecule has 0 aromatic carbocycles. The molecule has 1 amide bonds. The maximum atomic E-state index is 12.1. The van der Waals surface area contributed by atoms with E-state index in [0.29, 0.717) is 13.0 Å². The van der Waals surface area contributed by atoms with Gasteiger partial charge in [0.25, 0.3) is 0 Å². The van der Waals surface area contributed by atoms with Gasteiger partial charge >= 0.3 is 11.8 Å². The van der Waals surface area contributed by atoms with Gasteiger partial charge in [-0.2, -0.15) is 4.68 Å². The molecule has 0 radical (unpaired) electrons. The van der Waals surface area contributed by atoms with Gasteiger partial charge in [-0.15, -0.1) is 0 Å². The lowest BCUT2D eigenvalue weighted by Crippen LogP contribution is -2.49. The molecule has 1 atom stereocenters. The summed E-state index contributed by atoms with van der Waals surface area (Å²) in [4.78, 5) is 34.4. The Morgan fingerprint density at radius 3 is 2.85 bits per heavy atom. The van der Waals surface area contributed by atoms with Crippen molar-refractivity contribution in [2.24, 2.45) is 0 Å². The van der Waals surface area contributed by atoms with Crippen molar-refractivity contribution >= 4 is 17.7 Å². The third kappa shape index (κ3) is 2.92. The van der Waals surface area contributed by atoms with Gasteiger partial charge in [0.05, 0.1) is 17.4 Å². The van der Waals surface area contributed by atoms with Crippen molar-refractivity contribution in [3.8, 4) is 0 Å². The summed E-state index contributed by atoms with van der Waals surface area (Å²) in [5.74, 6) is -1.76. The van der Waals surface area contributed by atoms with Gasteiger partial charge in [-0.25, -0.2) is 4.79 Å². The second kappa shape index (κ2) is 5.68. The summed E-state index contributed by atoms with van der Waals surface area (Å²) in [5.41, 5.74) is 0. The molecular formula is C11H14N4O5. The minimum absolute atomic E-state index is 0.197. The van der Waals surface area contributed by atoms with Crippen molar-refractivity contribution < 1.29 is 19.6 Å². The van der Waals surface area contributed by atoms with E-state index in [1.165, 1.54) is 17.2 Å². The molecule has 0 spiro atoms. The van der Waals surface area contributed by atoms with Crippen molar-refractivity contribution in [2.75, 3.05) is 6.54 Å². The molecule has 9 nitrogen and oxygen atoms in total. The summed E-state index contributed by atoms with van der Waals surface area (Å²) >= 11 is 0. The minimum Gasteiger partial charge on any atom is -0.480 e. The zero-order valence-corrected chi connectivity index (χ0v) is 10.6. The number of hydrogen-bond acceptors (Lipinski definition) is 5. The van der Waals surface area contributed by atoms with Crippen molar-refractivity contribution in [2.45, 2.75) is 31.8 Å². The van der Waals surface area contributed by atoms with Gasteiger partial charge in [-0.05, 0) is 24.2 Å². The standard InChI is InChI=1S/C11H14N4O5/c16-10(7-13-6-4-9(12-13)15(19)20)14-5-2-1-3-8(14)11(17)18/h4,6,8H,1-3,5,7H2,(H,17,18). The van der Waals surface area contributed by atoms with Crippen molar-refractivity contribution in [3.05, 3.63) is 22.4 Å². The van der Waals surface area contributed by atoms with Gasteiger partial charge in [-0.1, -0.05) is 0 Å². The van der Waals surface area contributed by atoms with E-state index in [2.05, 4.69) is 5.10 Å². The maximum Gasteiger partial charge on any atom is 0.389 e. The Morgan fingerprint density at radius 2 is 2.25 bits per heavy atom. The van der Waals surface area contributed by atoms with Crippen LogP contribution in [-0.4, -0.2) is 49.2 Å². The Kier molecular flexibility index (Phi) is 3.97. The highest BCUT2D eigenvalue weighted by atomic mass is 16.6. The van der Waals surface area contributed by atoms with Crippen LogP contribution in [0.3, 0.4) is 0 Å². The smallest absolute Gasteiger partial charge is 0.389 e. The Labute approximate surface area is 113 Å². The highest BCUT2D eigenvalue weighted by Crippen LogP contribution is 2.18. The van der Waals surface area contributed by atoms with Crippen LogP contribution in [0.5, 0.6) is 0 Å². The number of piperidine rings is 1. The van der Waals surface area contributed by atoms with Crippen molar-refractivity contribution in [3.63, 3.8) is 0 Å². The molecular weight excluding hydrogens is 268 g/mol. The molecule has 9 heteroatoms. The fourth-order valence-electron chi connectivity index (χ4n) is 2.25. The second-order valence-electron chi connectivity index (χ2n) is 4.57. The maximum absolute atomic E-state index is 12.1. The number of aromatic nitrogens is 2. The fraction of sp³-hybridized carbons (Fsp3) is 0.545. The largest absolute Gasteiger partial charge is 0.480 e. The van der Waals surface area contributed by atoms with E-state index < -0.39 is 22.8 Å². The van der Waals surface area contributed by atoms with Crippen molar-refractivity contribution in [1.29, 1.82) is 0 Å². The number of likely N-dealkylation sites (tertiary alicyclic amines) is 1. The average Bonchev–Trinajstić information content (AvgIpc) is 2.87. The van der Waals surface area contributed by atoms with E-state index in [0.717, 1.165) is 17.5 Å². The lowest BCUT2D eigenvalue weighted by Gasteiger charge is -2.32. The number of carbonyl (C=O) groups is 2. The molecule has 108 valence electrons. The quantitative estimate of drug-likeness (QED) is 0.624. The Hall–Kier alpha value is -2.45. The third-order valence-electron chi connectivity index (χ3n) is 3.22. The van der Waals surface area contributed by atoms with E-state index in [1.807, 2.05) is 0 Å². The molecule has 1 aromatic heterocycles. The molecule has 2 heterocycles. The van der Waals surface area contributed by atoms with Crippen molar-refractivity contribution in [1.82, 2.24) is 14.7 Å². The molecule has 1 saturated heterocycles. The lowest BCUT2D eigenvalue weighted by molar-refractivity contribution is -0.389. The average molecular weight is 282 g/mol. The normalized spacial score (nSPS) is 18.8. The summed E-state index contributed by atoms with van der Waals surface area (Å²) in [6, 6.07) is 0.375. The molecule has 1 aromatic rings. The zero-order valence-electron chi connectivity index (χ0n) is 10.6. The molecule has 2 rings (SSSR count). The molecule has 0 aliphatic carbocycles. The topological polar surface area (TPSA) is 119 Å². The number of amides is 1. The molecule has 1 N–H and O–H groups in total. The SMILES string of the molecule is O=C(O)C1CCCCN1C(=O)Cn1ccc([N+](=O)[O-])n1. The minimum atomic E-state index is -1.02. The monoisotopic (exact) mass is 282 g/mol. The van der Waals surface area contributed by atoms with Gasteiger partial charge in [-0.3, -0.25) is 4.79 Å². The number of hydrogen-bond donors (Lipinski definition) is 1. The van der Waals surface area contributed by atoms with Crippen LogP contribution in [0.2, 0.25) is 0 Å². The van der Waals surface area contributed by atoms with Crippen LogP contribution in [-0.2, 0) is 16.1 Å². The second-order valence-corrected chi connectivity index (χ2v) is 4.57. The molecule has 0 saturated carbocycles. The first-order valence-electron chi connectivity index (χ1n) is 6.19. The van der Waals surface area contributed by atoms with E-state index in [-0.39, 0.29) is 12.4 Å². The molecule has 1 aliphatic heterocycles. The van der Waals surface area contributed by atoms with Gasteiger partial charge in [0.2, 0.25) is 5.91 Å². The number of carbonyl (C=O) groups excluding carboxylic acids is 1. The molecule has 1 fully saturated rings. The van der Waals surface area contributed by atoms with Gasteiger partial charge < -0.3 is 20.1 Å². The number of aliphatic carboxylic acids is 1.